The fourth-order valence-corrected chi connectivity index (χ4v) is 8.44. The average molecular weight is 879 g/mol. The first-order chi connectivity index (χ1) is 30.7. The van der Waals surface area contributed by atoms with Crippen LogP contribution < -0.4 is 4.74 Å². The molecular formula is C55H68F2O7. The molecule has 4 aromatic rings. The molecule has 0 heterocycles. The third-order valence-corrected chi connectivity index (χ3v) is 12.6. The van der Waals surface area contributed by atoms with Crippen molar-refractivity contribution in [3.8, 4) is 39.1 Å². The molecule has 0 aliphatic heterocycles. The van der Waals surface area contributed by atoms with Crippen molar-refractivity contribution in [2.45, 2.75) is 117 Å². The standard InChI is InChI=1S/C55H68F2O7/c1-7-8-9-12-39-15-17-40(18-16-39)41-19-21-42(22-20-41)43-23-25-48(50(56)33-43)44-24-26-49(51(57)34-44)47-31-45(13-10-28-63-53(60)37(2)3)52(62-30-27-55(6,35-58)36-59)46(32-47)14-11-29-64-54(61)38(4)5/h19-26,31-34,39-40,58-59H,2,4,7-18,27-30,35-36H2,1,3,5-6H3. The number of aryl methyl sites for hydroxylation is 2. The third-order valence-electron chi connectivity index (χ3n) is 12.6. The summed E-state index contributed by atoms with van der Waals surface area (Å²) in [6, 6.07) is 22.0. The number of hydrogen-bond donors (Lipinski definition) is 2. The smallest absolute Gasteiger partial charge is 0.333 e. The van der Waals surface area contributed by atoms with Gasteiger partial charge >= 0.3 is 11.9 Å². The van der Waals surface area contributed by atoms with E-state index >= 15 is 8.78 Å². The van der Waals surface area contributed by atoms with Crippen LogP contribution in [0.4, 0.5) is 8.78 Å². The molecule has 1 fully saturated rings. The van der Waals surface area contributed by atoms with Crippen molar-refractivity contribution in [2.24, 2.45) is 11.3 Å². The lowest BCUT2D eigenvalue weighted by atomic mass is 9.77. The summed E-state index contributed by atoms with van der Waals surface area (Å²) in [4.78, 5) is 24.2. The molecule has 0 atom stereocenters. The fourth-order valence-electron chi connectivity index (χ4n) is 8.44. The molecule has 0 radical (unpaired) electrons. The fraction of sp³-hybridized carbons (Fsp3) is 0.455. The molecular weight excluding hydrogens is 811 g/mol. The minimum Gasteiger partial charge on any atom is -0.493 e. The molecule has 2 N–H and O–H groups in total. The molecule has 4 aromatic carbocycles. The maximum atomic E-state index is 16.4. The second-order valence-electron chi connectivity index (χ2n) is 18.1. The molecule has 0 amide bonds. The highest BCUT2D eigenvalue weighted by molar-refractivity contribution is 5.87. The van der Waals surface area contributed by atoms with E-state index in [0.29, 0.717) is 60.5 Å². The van der Waals surface area contributed by atoms with Crippen LogP contribution in [-0.4, -0.2) is 55.2 Å². The van der Waals surface area contributed by atoms with Gasteiger partial charge in [0, 0.05) is 27.7 Å². The summed E-state index contributed by atoms with van der Waals surface area (Å²) in [5.74, 6) is 0.000238. The summed E-state index contributed by atoms with van der Waals surface area (Å²) >= 11 is 0. The van der Waals surface area contributed by atoms with Crippen molar-refractivity contribution < 1.29 is 42.8 Å². The average Bonchev–Trinajstić information content (AvgIpc) is 3.29. The lowest BCUT2D eigenvalue weighted by Crippen LogP contribution is -2.28. The van der Waals surface area contributed by atoms with E-state index < -0.39 is 29.0 Å². The van der Waals surface area contributed by atoms with E-state index in [-0.39, 0.29) is 49.7 Å². The van der Waals surface area contributed by atoms with E-state index in [0.717, 1.165) is 28.2 Å². The molecule has 5 rings (SSSR count). The SMILES string of the molecule is C=C(C)C(=O)OCCCc1cc(-c2ccc(-c3ccc(-c4ccc(C5CCC(CCCCC)CC5)cc4)cc3F)cc2F)cc(CCCOC(=O)C(=C)C)c1OCCC(C)(CO)CO. The monoisotopic (exact) mass is 878 g/mol. The maximum absolute atomic E-state index is 16.4. The summed E-state index contributed by atoms with van der Waals surface area (Å²) < 4.78 is 49.4. The minimum atomic E-state index is -0.768. The van der Waals surface area contributed by atoms with E-state index in [4.69, 9.17) is 14.2 Å². The van der Waals surface area contributed by atoms with Crippen LogP contribution in [-0.2, 0) is 31.9 Å². The number of rotatable bonds is 24. The largest absolute Gasteiger partial charge is 0.493 e. The Hall–Kier alpha value is -5.12. The second-order valence-corrected chi connectivity index (χ2v) is 18.1. The zero-order chi connectivity index (χ0) is 46.2. The zero-order valence-corrected chi connectivity index (χ0v) is 38.4. The Kier molecular flexibility index (Phi) is 18.9. The highest BCUT2D eigenvalue weighted by Gasteiger charge is 2.25. The van der Waals surface area contributed by atoms with Crippen LogP contribution in [0.1, 0.15) is 121 Å². The van der Waals surface area contributed by atoms with E-state index in [2.05, 4.69) is 44.3 Å². The number of hydrogen-bond acceptors (Lipinski definition) is 7. The lowest BCUT2D eigenvalue weighted by molar-refractivity contribution is -0.139. The van der Waals surface area contributed by atoms with Crippen LogP contribution in [0.2, 0.25) is 0 Å². The first-order valence-electron chi connectivity index (χ1n) is 23.1. The predicted molar refractivity (Wildman–Crippen MR) is 252 cm³/mol. The molecule has 9 heteroatoms. The Morgan fingerprint density at radius 2 is 1.19 bits per heavy atom. The zero-order valence-electron chi connectivity index (χ0n) is 38.4. The number of unbranched alkanes of at least 4 members (excludes halogenated alkanes) is 2. The van der Waals surface area contributed by atoms with Gasteiger partial charge in [-0.05, 0) is 147 Å². The van der Waals surface area contributed by atoms with Crippen LogP contribution in [0.3, 0.4) is 0 Å². The number of aliphatic hydroxyl groups is 2. The molecule has 0 aromatic heterocycles. The molecule has 1 aliphatic carbocycles. The number of halogens is 2. The van der Waals surface area contributed by atoms with Gasteiger partial charge in [0.25, 0.3) is 0 Å². The van der Waals surface area contributed by atoms with Crippen molar-refractivity contribution in [3.63, 3.8) is 0 Å². The van der Waals surface area contributed by atoms with Gasteiger partial charge in [0.05, 0.1) is 33.0 Å². The van der Waals surface area contributed by atoms with Gasteiger partial charge in [-0.15, -0.1) is 0 Å². The number of ether oxygens (including phenoxy) is 3. The molecule has 0 unspecified atom stereocenters. The van der Waals surface area contributed by atoms with Crippen LogP contribution in [0, 0.1) is 23.0 Å². The van der Waals surface area contributed by atoms with E-state index in [1.807, 2.05) is 18.2 Å². The predicted octanol–water partition coefficient (Wildman–Crippen LogP) is 12.7. The molecule has 0 bridgehead atoms. The molecule has 64 heavy (non-hydrogen) atoms. The Morgan fingerprint density at radius 3 is 1.70 bits per heavy atom. The topological polar surface area (TPSA) is 102 Å². The van der Waals surface area contributed by atoms with Crippen molar-refractivity contribution in [3.05, 3.63) is 125 Å². The van der Waals surface area contributed by atoms with E-state index in [1.165, 1.54) is 69.1 Å². The van der Waals surface area contributed by atoms with Crippen LogP contribution in [0.25, 0.3) is 33.4 Å². The third kappa shape index (κ3) is 13.9. The molecule has 0 saturated heterocycles. The highest BCUT2D eigenvalue weighted by Crippen LogP contribution is 2.40. The van der Waals surface area contributed by atoms with Gasteiger partial charge in [0.1, 0.15) is 17.4 Å². The number of carbonyl (C=O) groups is 2. The van der Waals surface area contributed by atoms with Gasteiger partial charge in [0.15, 0.2) is 0 Å². The number of benzene rings is 4. The Balaban J connectivity index is 1.38. The van der Waals surface area contributed by atoms with Gasteiger partial charge < -0.3 is 24.4 Å². The molecule has 1 saturated carbocycles. The van der Waals surface area contributed by atoms with Gasteiger partial charge in [-0.25, -0.2) is 18.4 Å². The van der Waals surface area contributed by atoms with Gasteiger partial charge in [-0.2, -0.15) is 0 Å². The number of carbonyl (C=O) groups excluding carboxylic acids is 2. The lowest BCUT2D eigenvalue weighted by Gasteiger charge is -2.29. The van der Waals surface area contributed by atoms with Crippen LogP contribution >= 0.6 is 0 Å². The summed E-state index contributed by atoms with van der Waals surface area (Å²) in [5, 5.41) is 19.8. The quantitative estimate of drug-likeness (QED) is 0.0410. The molecule has 344 valence electrons. The summed E-state index contributed by atoms with van der Waals surface area (Å²) in [5.41, 5.74) is 5.87. The number of aliphatic hydroxyl groups excluding tert-OH is 2. The van der Waals surface area contributed by atoms with Crippen molar-refractivity contribution >= 4 is 11.9 Å². The van der Waals surface area contributed by atoms with Crippen molar-refractivity contribution in [1.82, 2.24) is 0 Å². The number of esters is 2. The summed E-state index contributed by atoms with van der Waals surface area (Å²) in [7, 11) is 0. The normalized spacial score (nSPS) is 15.1. The van der Waals surface area contributed by atoms with Crippen LogP contribution in [0.5, 0.6) is 5.75 Å². The van der Waals surface area contributed by atoms with Crippen LogP contribution in [0.15, 0.2) is 97.1 Å². The van der Waals surface area contributed by atoms with Crippen molar-refractivity contribution in [2.75, 3.05) is 33.0 Å². The first-order valence-corrected chi connectivity index (χ1v) is 23.1. The Labute approximate surface area is 379 Å². The Morgan fingerprint density at radius 1 is 0.672 bits per heavy atom. The molecule has 0 spiro atoms. The minimum absolute atomic E-state index is 0.119. The summed E-state index contributed by atoms with van der Waals surface area (Å²) in [6.45, 7) is 14.4. The first kappa shape index (κ1) is 49.9. The van der Waals surface area contributed by atoms with Gasteiger partial charge in [-0.3, -0.25) is 0 Å². The van der Waals surface area contributed by atoms with Crippen molar-refractivity contribution in [1.29, 1.82) is 0 Å². The van der Waals surface area contributed by atoms with E-state index in [1.54, 1.807) is 39.0 Å². The van der Waals surface area contributed by atoms with Gasteiger partial charge in [-0.1, -0.05) is 101 Å². The van der Waals surface area contributed by atoms with E-state index in [9.17, 15) is 19.8 Å². The highest BCUT2D eigenvalue weighted by atomic mass is 19.1. The van der Waals surface area contributed by atoms with Gasteiger partial charge in [0.2, 0.25) is 0 Å². The second kappa shape index (κ2) is 24.2. The Bertz CT molecular complexity index is 2140. The molecule has 7 nitrogen and oxygen atoms in total. The molecule has 1 aliphatic rings. The summed E-state index contributed by atoms with van der Waals surface area (Å²) in [6.07, 6.45) is 12.3. The maximum Gasteiger partial charge on any atom is 0.333 e.